The third-order valence-corrected chi connectivity index (χ3v) is 2.19. The minimum Gasteiger partial charge on any atom is -0.370 e. The Morgan fingerprint density at radius 3 is 2.75 bits per heavy atom. The fourth-order valence-corrected chi connectivity index (χ4v) is 1.51. The lowest BCUT2D eigenvalue weighted by molar-refractivity contribution is 0.0478. The van der Waals surface area contributed by atoms with E-state index in [0.717, 1.165) is 12.8 Å². The first-order valence-electron chi connectivity index (χ1n) is 5.87. The van der Waals surface area contributed by atoms with E-state index >= 15 is 0 Å². The summed E-state index contributed by atoms with van der Waals surface area (Å²) in [5, 5.41) is 3.94. The maximum Gasteiger partial charge on any atom is 0.228 e. The van der Waals surface area contributed by atoms with Crippen LogP contribution in [0.4, 0.5) is 0 Å². The van der Waals surface area contributed by atoms with Crippen molar-refractivity contribution in [3.8, 4) is 0 Å². The van der Waals surface area contributed by atoms with Crippen LogP contribution in [0.1, 0.15) is 51.4 Å². The molecule has 1 heterocycles. The summed E-state index contributed by atoms with van der Waals surface area (Å²) in [6.07, 6.45) is 2.49. The van der Waals surface area contributed by atoms with E-state index in [1.807, 2.05) is 13.8 Å². The van der Waals surface area contributed by atoms with E-state index in [0.29, 0.717) is 24.7 Å². The van der Waals surface area contributed by atoms with Gasteiger partial charge in [-0.25, -0.2) is 0 Å². The van der Waals surface area contributed by atoms with Crippen LogP contribution in [0.2, 0.25) is 0 Å². The van der Waals surface area contributed by atoms with Crippen LogP contribution in [0.25, 0.3) is 0 Å². The molecule has 92 valence electrons. The lowest BCUT2D eigenvalue weighted by Crippen LogP contribution is -2.18. The molecule has 0 aliphatic rings. The zero-order chi connectivity index (χ0) is 12.0. The fraction of sp³-hybridized carbons (Fsp3) is 0.818. The van der Waals surface area contributed by atoms with Crippen molar-refractivity contribution in [1.29, 1.82) is 0 Å². The molecule has 2 unspecified atom stereocenters. The van der Waals surface area contributed by atoms with Gasteiger partial charge >= 0.3 is 0 Å². The molecular formula is C11H21N3O2. The molecule has 2 N–H and O–H groups in total. The zero-order valence-electron chi connectivity index (χ0n) is 10.3. The second-order valence-corrected chi connectivity index (χ2v) is 3.96. The van der Waals surface area contributed by atoms with Crippen LogP contribution in [-0.2, 0) is 11.2 Å². The summed E-state index contributed by atoms with van der Waals surface area (Å²) in [7, 11) is 0. The molecule has 2 atom stereocenters. The second kappa shape index (κ2) is 6.60. The molecule has 16 heavy (non-hydrogen) atoms. The molecule has 0 saturated carbocycles. The van der Waals surface area contributed by atoms with Gasteiger partial charge in [-0.05, 0) is 20.3 Å². The molecule has 5 nitrogen and oxygen atoms in total. The van der Waals surface area contributed by atoms with Crippen molar-refractivity contribution in [1.82, 2.24) is 10.1 Å². The third-order valence-electron chi connectivity index (χ3n) is 2.19. The quantitative estimate of drug-likeness (QED) is 0.769. The van der Waals surface area contributed by atoms with Crippen molar-refractivity contribution in [3.05, 3.63) is 11.7 Å². The van der Waals surface area contributed by atoms with Crippen LogP contribution < -0.4 is 5.73 Å². The van der Waals surface area contributed by atoms with Gasteiger partial charge in [-0.1, -0.05) is 18.5 Å². The van der Waals surface area contributed by atoms with E-state index in [9.17, 15) is 0 Å². The summed E-state index contributed by atoms with van der Waals surface area (Å²) in [6.45, 7) is 6.64. The molecule has 0 spiro atoms. The molecule has 5 heteroatoms. The molecule has 0 aliphatic heterocycles. The number of nitrogens with zero attached hydrogens (tertiary/aromatic N) is 2. The SMILES string of the molecule is CCCC(OCC)c1noc(CC(C)N)n1. The predicted molar refractivity (Wildman–Crippen MR) is 60.9 cm³/mol. The van der Waals surface area contributed by atoms with Crippen LogP contribution in [0, 0.1) is 0 Å². The lowest BCUT2D eigenvalue weighted by atomic mass is 10.2. The topological polar surface area (TPSA) is 74.2 Å². The molecule has 1 rings (SSSR count). The summed E-state index contributed by atoms with van der Waals surface area (Å²) in [6, 6.07) is 0.0324. The molecule has 0 aromatic carbocycles. The highest BCUT2D eigenvalue weighted by Crippen LogP contribution is 2.20. The van der Waals surface area contributed by atoms with Crippen molar-refractivity contribution >= 4 is 0 Å². The van der Waals surface area contributed by atoms with Gasteiger partial charge in [0.25, 0.3) is 0 Å². The molecule has 1 aromatic rings. The Bertz CT molecular complexity index is 293. The Balaban J connectivity index is 2.65. The number of hydrogen-bond donors (Lipinski definition) is 1. The van der Waals surface area contributed by atoms with E-state index < -0.39 is 0 Å². The van der Waals surface area contributed by atoms with Gasteiger partial charge in [0.2, 0.25) is 11.7 Å². The van der Waals surface area contributed by atoms with Crippen LogP contribution in [0.3, 0.4) is 0 Å². The highest BCUT2D eigenvalue weighted by atomic mass is 16.5. The zero-order valence-corrected chi connectivity index (χ0v) is 10.3. The minimum absolute atomic E-state index is 0.0324. The van der Waals surface area contributed by atoms with Crippen LogP contribution in [0.5, 0.6) is 0 Å². The van der Waals surface area contributed by atoms with Crippen LogP contribution in [-0.4, -0.2) is 22.8 Å². The van der Waals surface area contributed by atoms with E-state index in [4.69, 9.17) is 15.0 Å². The van der Waals surface area contributed by atoms with Crippen LogP contribution in [0.15, 0.2) is 4.52 Å². The van der Waals surface area contributed by atoms with Crippen molar-refractivity contribution in [2.75, 3.05) is 6.61 Å². The van der Waals surface area contributed by atoms with E-state index in [1.54, 1.807) is 0 Å². The van der Waals surface area contributed by atoms with Gasteiger partial charge in [0.15, 0.2) is 0 Å². The van der Waals surface area contributed by atoms with Gasteiger partial charge in [-0.15, -0.1) is 0 Å². The van der Waals surface area contributed by atoms with Gasteiger partial charge in [0.1, 0.15) is 6.10 Å². The summed E-state index contributed by atoms with van der Waals surface area (Å²) in [5.74, 6) is 1.23. The van der Waals surface area contributed by atoms with Gasteiger partial charge in [-0.3, -0.25) is 0 Å². The largest absolute Gasteiger partial charge is 0.370 e. The number of rotatable bonds is 7. The highest BCUT2D eigenvalue weighted by molar-refractivity contribution is 4.92. The molecule has 0 saturated heterocycles. The Hall–Kier alpha value is -0.940. The molecular weight excluding hydrogens is 206 g/mol. The van der Waals surface area contributed by atoms with Crippen molar-refractivity contribution in [3.63, 3.8) is 0 Å². The average Bonchev–Trinajstić information content (AvgIpc) is 2.65. The van der Waals surface area contributed by atoms with Crippen molar-refractivity contribution in [2.24, 2.45) is 5.73 Å². The lowest BCUT2D eigenvalue weighted by Gasteiger charge is -2.11. The van der Waals surface area contributed by atoms with E-state index in [2.05, 4.69) is 17.1 Å². The number of nitrogens with two attached hydrogens (primary N) is 1. The summed E-state index contributed by atoms with van der Waals surface area (Å²) in [4.78, 5) is 4.31. The Labute approximate surface area is 96.4 Å². The van der Waals surface area contributed by atoms with Gasteiger partial charge < -0.3 is 15.0 Å². The number of hydrogen-bond acceptors (Lipinski definition) is 5. The van der Waals surface area contributed by atoms with E-state index in [-0.39, 0.29) is 12.1 Å². The standard InChI is InChI=1S/C11H21N3O2/c1-4-6-9(15-5-2)11-13-10(16-14-11)7-8(3)12/h8-9H,4-7,12H2,1-3H3. The fourth-order valence-electron chi connectivity index (χ4n) is 1.51. The number of aromatic nitrogens is 2. The maximum absolute atomic E-state index is 5.67. The van der Waals surface area contributed by atoms with Crippen LogP contribution >= 0.6 is 0 Å². The first-order valence-corrected chi connectivity index (χ1v) is 5.87. The summed E-state index contributed by atoms with van der Waals surface area (Å²) in [5.41, 5.74) is 5.67. The maximum atomic E-state index is 5.67. The second-order valence-electron chi connectivity index (χ2n) is 3.96. The minimum atomic E-state index is -0.0550. The van der Waals surface area contributed by atoms with Crippen molar-refractivity contribution in [2.45, 2.75) is 52.2 Å². The molecule has 0 radical (unpaired) electrons. The smallest absolute Gasteiger partial charge is 0.228 e. The third kappa shape index (κ3) is 3.90. The first-order chi connectivity index (χ1) is 7.67. The molecule has 0 aliphatic carbocycles. The molecule has 0 bridgehead atoms. The summed E-state index contributed by atoms with van der Waals surface area (Å²) >= 11 is 0. The van der Waals surface area contributed by atoms with Gasteiger partial charge in [0, 0.05) is 19.1 Å². The molecule has 0 amide bonds. The molecule has 1 aromatic heterocycles. The monoisotopic (exact) mass is 227 g/mol. The van der Waals surface area contributed by atoms with E-state index in [1.165, 1.54) is 0 Å². The Morgan fingerprint density at radius 2 is 2.19 bits per heavy atom. The van der Waals surface area contributed by atoms with Gasteiger partial charge in [0.05, 0.1) is 0 Å². The highest BCUT2D eigenvalue weighted by Gasteiger charge is 2.18. The number of ether oxygens (including phenoxy) is 1. The first kappa shape index (κ1) is 13.1. The predicted octanol–water partition coefficient (Wildman–Crippen LogP) is 1.84. The van der Waals surface area contributed by atoms with Crippen molar-refractivity contribution < 1.29 is 9.26 Å². The molecule has 0 fully saturated rings. The van der Waals surface area contributed by atoms with Gasteiger partial charge in [-0.2, -0.15) is 4.98 Å². The average molecular weight is 227 g/mol. The Kier molecular flexibility index (Phi) is 5.42. The normalized spacial score (nSPS) is 15.0. The Morgan fingerprint density at radius 1 is 1.44 bits per heavy atom. The summed E-state index contributed by atoms with van der Waals surface area (Å²) < 4.78 is 10.7.